The van der Waals surface area contributed by atoms with Gasteiger partial charge < -0.3 is 10.1 Å². The van der Waals surface area contributed by atoms with E-state index >= 15 is 0 Å². The Labute approximate surface area is 188 Å². The van der Waals surface area contributed by atoms with Gasteiger partial charge in [0.1, 0.15) is 10.7 Å². The molecular formula is C21H17Cl3N2O4. The van der Waals surface area contributed by atoms with Gasteiger partial charge in [-0.15, -0.1) is 0 Å². The molecule has 156 valence electrons. The minimum atomic E-state index is -0.719. The molecule has 1 N–H and O–H groups in total. The molecule has 0 aliphatic carbocycles. The molecule has 0 saturated heterocycles. The summed E-state index contributed by atoms with van der Waals surface area (Å²) in [5, 5.41) is 3.03. The molecule has 0 atom stereocenters. The number of ether oxygens (including phenoxy) is 1. The molecule has 1 aliphatic heterocycles. The monoisotopic (exact) mass is 466 g/mol. The largest absolute Gasteiger partial charge is 0.462 e. The zero-order valence-corrected chi connectivity index (χ0v) is 18.1. The smallest absolute Gasteiger partial charge is 0.338 e. The maximum absolute atomic E-state index is 12.9. The molecule has 3 rings (SSSR count). The fourth-order valence-corrected chi connectivity index (χ4v) is 3.46. The Kier molecular flexibility index (Phi) is 7.02. The lowest BCUT2D eigenvalue weighted by atomic mass is 10.2. The third-order valence-electron chi connectivity index (χ3n) is 4.28. The van der Waals surface area contributed by atoms with Crippen molar-refractivity contribution in [3.63, 3.8) is 0 Å². The number of amides is 2. The fraction of sp³-hybridized carbons (Fsp3) is 0.190. The lowest BCUT2D eigenvalue weighted by Crippen LogP contribution is -2.32. The van der Waals surface area contributed by atoms with Crippen LogP contribution in [0.1, 0.15) is 30.1 Å². The SMILES string of the molecule is CCCCOC(=O)c1cccc(NC2=C(Cl)C(=O)N(c3ccc(Cl)cc3Cl)C2=O)c1. The third-order valence-corrected chi connectivity index (χ3v) is 5.17. The van der Waals surface area contributed by atoms with Crippen LogP contribution in [0.4, 0.5) is 11.4 Å². The standard InChI is InChI=1S/C21H17Cl3N2O4/c1-2-3-9-30-21(29)12-5-4-6-14(10-12)25-18-17(24)19(27)26(20(18)28)16-8-7-13(22)11-15(16)23/h4-8,10-11,25H,2-3,9H2,1H3. The highest BCUT2D eigenvalue weighted by molar-refractivity contribution is 6.53. The molecule has 1 aliphatic rings. The van der Waals surface area contributed by atoms with Crippen molar-refractivity contribution in [1.82, 2.24) is 0 Å². The van der Waals surface area contributed by atoms with Crippen molar-refractivity contribution in [3.05, 3.63) is 68.8 Å². The highest BCUT2D eigenvalue weighted by atomic mass is 35.5. The first kappa shape index (κ1) is 22.2. The predicted octanol–water partition coefficient (Wildman–Crippen LogP) is 5.39. The first-order valence-corrected chi connectivity index (χ1v) is 10.2. The molecule has 2 amide bonds. The summed E-state index contributed by atoms with van der Waals surface area (Å²) in [4.78, 5) is 38.5. The van der Waals surface area contributed by atoms with Crippen LogP contribution in [0.3, 0.4) is 0 Å². The summed E-state index contributed by atoms with van der Waals surface area (Å²) in [5.41, 5.74) is 0.754. The number of anilines is 2. The Bertz CT molecular complexity index is 1050. The average molecular weight is 468 g/mol. The van der Waals surface area contributed by atoms with E-state index in [1.54, 1.807) is 18.2 Å². The molecule has 0 bridgehead atoms. The number of carbonyl (C=O) groups is 3. The van der Waals surface area contributed by atoms with Crippen LogP contribution in [-0.4, -0.2) is 24.4 Å². The molecule has 0 fully saturated rings. The topological polar surface area (TPSA) is 75.7 Å². The average Bonchev–Trinajstić information content (AvgIpc) is 2.92. The van der Waals surface area contributed by atoms with Gasteiger partial charge in [-0.25, -0.2) is 9.69 Å². The second-order valence-corrected chi connectivity index (χ2v) is 7.65. The summed E-state index contributed by atoms with van der Waals surface area (Å²) in [6, 6.07) is 10.8. The molecule has 0 unspecified atom stereocenters. The Morgan fingerprint density at radius 1 is 1.07 bits per heavy atom. The Hall–Kier alpha value is -2.54. The van der Waals surface area contributed by atoms with E-state index in [2.05, 4.69) is 5.32 Å². The van der Waals surface area contributed by atoms with Crippen molar-refractivity contribution in [2.24, 2.45) is 0 Å². The van der Waals surface area contributed by atoms with Gasteiger partial charge in [0.25, 0.3) is 11.8 Å². The van der Waals surface area contributed by atoms with Gasteiger partial charge >= 0.3 is 5.97 Å². The number of imide groups is 1. The Balaban J connectivity index is 1.81. The number of hydrogen-bond acceptors (Lipinski definition) is 5. The highest BCUT2D eigenvalue weighted by Crippen LogP contribution is 2.35. The first-order chi connectivity index (χ1) is 14.3. The summed E-state index contributed by atoms with van der Waals surface area (Å²) in [5.74, 6) is -1.87. The number of nitrogens with zero attached hydrogens (tertiary/aromatic N) is 1. The van der Waals surface area contributed by atoms with Crippen LogP contribution < -0.4 is 10.2 Å². The van der Waals surface area contributed by atoms with Gasteiger partial charge in [0.05, 0.1) is 22.9 Å². The number of carbonyl (C=O) groups excluding carboxylic acids is 3. The second-order valence-electron chi connectivity index (χ2n) is 6.43. The molecule has 0 saturated carbocycles. The maximum atomic E-state index is 12.9. The summed E-state index contributed by atoms with van der Waals surface area (Å²) in [6.45, 7) is 2.32. The van der Waals surface area contributed by atoms with Crippen LogP contribution in [0.25, 0.3) is 0 Å². The molecule has 2 aromatic rings. The lowest BCUT2D eigenvalue weighted by Gasteiger charge is -2.16. The predicted molar refractivity (Wildman–Crippen MR) is 117 cm³/mol. The van der Waals surface area contributed by atoms with Gasteiger partial charge in [-0.3, -0.25) is 9.59 Å². The molecule has 9 heteroatoms. The summed E-state index contributed by atoms with van der Waals surface area (Å²) in [6.07, 6.45) is 1.68. The summed E-state index contributed by atoms with van der Waals surface area (Å²) in [7, 11) is 0. The number of halogens is 3. The van der Waals surface area contributed by atoms with Gasteiger partial charge in [0, 0.05) is 10.7 Å². The molecular weight excluding hydrogens is 451 g/mol. The molecule has 0 spiro atoms. The van der Waals surface area contributed by atoms with Crippen LogP contribution in [0.15, 0.2) is 53.2 Å². The zero-order valence-electron chi connectivity index (χ0n) is 15.9. The van der Waals surface area contributed by atoms with Gasteiger partial charge in [0.15, 0.2) is 0 Å². The normalized spacial score (nSPS) is 13.8. The van der Waals surface area contributed by atoms with E-state index in [1.165, 1.54) is 24.3 Å². The maximum Gasteiger partial charge on any atom is 0.338 e. The second kappa shape index (κ2) is 9.51. The number of esters is 1. The van der Waals surface area contributed by atoms with E-state index < -0.39 is 17.8 Å². The Morgan fingerprint density at radius 3 is 2.53 bits per heavy atom. The van der Waals surface area contributed by atoms with Crippen molar-refractivity contribution >= 4 is 64.0 Å². The number of rotatable bonds is 7. The van der Waals surface area contributed by atoms with Crippen molar-refractivity contribution in [1.29, 1.82) is 0 Å². The van der Waals surface area contributed by atoms with Crippen molar-refractivity contribution in [2.45, 2.75) is 19.8 Å². The van der Waals surface area contributed by atoms with Gasteiger partial charge in [-0.2, -0.15) is 0 Å². The van der Waals surface area contributed by atoms with E-state index in [0.717, 1.165) is 17.7 Å². The van der Waals surface area contributed by atoms with E-state index in [0.29, 0.717) is 22.9 Å². The third kappa shape index (κ3) is 4.61. The van der Waals surface area contributed by atoms with Crippen LogP contribution in [-0.2, 0) is 14.3 Å². The fourth-order valence-electron chi connectivity index (χ4n) is 2.75. The number of unbranched alkanes of at least 4 members (excludes halogenated alkanes) is 1. The zero-order chi connectivity index (χ0) is 21.8. The minimum Gasteiger partial charge on any atom is -0.462 e. The molecule has 1 heterocycles. The van der Waals surface area contributed by atoms with Crippen LogP contribution in [0.2, 0.25) is 10.0 Å². The number of hydrogen-bond donors (Lipinski definition) is 1. The minimum absolute atomic E-state index is 0.121. The van der Waals surface area contributed by atoms with E-state index in [9.17, 15) is 14.4 Å². The van der Waals surface area contributed by atoms with Crippen molar-refractivity contribution in [3.8, 4) is 0 Å². The van der Waals surface area contributed by atoms with Crippen LogP contribution in [0.5, 0.6) is 0 Å². The van der Waals surface area contributed by atoms with E-state index in [-0.39, 0.29) is 21.4 Å². The van der Waals surface area contributed by atoms with Crippen molar-refractivity contribution < 1.29 is 19.1 Å². The van der Waals surface area contributed by atoms with Gasteiger partial charge in [0.2, 0.25) is 0 Å². The summed E-state index contributed by atoms with van der Waals surface area (Å²) < 4.78 is 5.19. The highest BCUT2D eigenvalue weighted by Gasteiger charge is 2.39. The first-order valence-electron chi connectivity index (χ1n) is 9.11. The van der Waals surface area contributed by atoms with Crippen molar-refractivity contribution in [2.75, 3.05) is 16.8 Å². The quantitative estimate of drug-likeness (QED) is 0.336. The van der Waals surface area contributed by atoms with Gasteiger partial charge in [-0.1, -0.05) is 54.2 Å². The number of nitrogens with one attached hydrogen (secondary N) is 1. The molecule has 30 heavy (non-hydrogen) atoms. The van der Waals surface area contributed by atoms with Crippen LogP contribution >= 0.6 is 34.8 Å². The van der Waals surface area contributed by atoms with E-state index in [1.807, 2.05) is 6.92 Å². The van der Waals surface area contributed by atoms with E-state index in [4.69, 9.17) is 39.5 Å². The Morgan fingerprint density at radius 2 is 1.83 bits per heavy atom. The molecule has 2 aromatic carbocycles. The van der Waals surface area contributed by atoms with Crippen LogP contribution in [0, 0.1) is 0 Å². The molecule has 0 radical (unpaired) electrons. The van der Waals surface area contributed by atoms with Gasteiger partial charge in [-0.05, 0) is 42.8 Å². The number of benzene rings is 2. The summed E-state index contributed by atoms with van der Waals surface area (Å²) >= 11 is 18.2. The lowest BCUT2D eigenvalue weighted by molar-refractivity contribution is -0.120. The molecule has 6 nitrogen and oxygen atoms in total. The molecule has 0 aromatic heterocycles.